The second-order valence-corrected chi connectivity index (χ2v) is 7.05. The van der Waals surface area contributed by atoms with Crippen LogP contribution in [0.15, 0.2) is 29.3 Å². The second kappa shape index (κ2) is 14.3. The summed E-state index contributed by atoms with van der Waals surface area (Å²) >= 11 is 0. The molecule has 1 aliphatic heterocycles. The number of methoxy groups -OCH3 is 1. The lowest BCUT2D eigenvalue weighted by atomic mass is 10.00. The number of rotatable bonds is 9. The number of amides is 1. The molecule has 0 aliphatic carbocycles. The summed E-state index contributed by atoms with van der Waals surface area (Å²) in [4.78, 5) is 18.8. The van der Waals surface area contributed by atoms with Crippen LogP contribution in [-0.2, 0) is 4.79 Å². The number of benzene rings is 1. The maximum absolute atomic E-state index is 12.3. The van der Waals surface area contributed by atoms with Crippen LogP contribution in [0.5, 0.6) is 11.5 Å². The van der Waals surface area contributed by atoms with Gasteiger partial charge in [-0.1, -0.05) is 6.92 Å². The van der Waals surface area contributed by atoms with Gasteiger partial charge in [0.05, 0.1) is 20.2 Å². The van der Waals surface area contributed by atoms with Crippen LogP contribution in [-0.4, -0.2) is 63.2 Å². The Hall–Kier alpha value is -1.71. The molecule has 29 heavy (non-hydrogen) atoms. The van der Waals surface area contributed by atoms with Gasteiger partial charge in [-0.25, -0.2) is 0 Å². The topological polar surface area (TPSA) is 75.2 Å². The average molecular weight is 518 g/mol. The lowest BCUT2D eigenvalue weighted by molar-refractivity contribution is -0.132. The summed E-state index contributed by atoms with van der Waals surface area (Å²) in [6.45, 7) is 8.37. The highest BCUT2D eigenvalue weighted by molar-refractivity contribution is 14.0. The Kier molecular flexibility index (Phi) is 12.5. The molecule has 8 heteroatoms. The van der Waals surface area contributed by atoms with Gasteiger partial charge in [0, 0.05) is 26.1 Å². The lowest BCUT2D eigenvalue weighted by Crippen LogP contribution is -2.40. The number of hydrogen-bond donors (Lipinski definition) is 2. The van der Waals surface area contributed by atoms with Gasteiger partial charge in [0.1, 0.15) is 18.1 Å². The van der Waals surface area contributed by atoms with Crippen molar-refractivity contribution in [3.63, 3.8) is 0 Å². The Morgan fingerprint density at radius 1 is 1.24 bits per heavy atom. The number of carbonyl (C=O) groups is 1. The molecular formula is C21H35IN4O3. The van der Waals surface area contributed by atoms with Crippen molar-refractivity contribution in [2.45, 2.75) is 33.1 Å². The van der Waals surface area contributed by atoms with Crippen molar-refractivity contribution >= 4 is 35.8 Å². The number of nitrogens with zero attached hydrogens (tertiary/aromatic N) is 2. The van der Waals surface area contributed by atoms with Crippen molar-refractivity contribution in [1.29, 1.82) is 0 Å². The van der Waals surface area contributed by atoms with Crippen molar-refractivity contribution in [3.05, 3.63) is 24.3 Å². The second-order valence-electron chi connectivity index (χ2n) is 7.05. The number of halogens is 1. The third kappa shape index (κ3) is 9.56. The van der Waals surface area contributed by atoms with Crippen molar-refractivity contribution in [2.75, 3.05) is 46.4 Å². The van der Waals surface area contributed by atoms with E-state index >= 15 is 0 Å². The first-order chi connectivity index (χ1) is 13.6. The standard InChI is InChI=1S/C21H34N4O3.HI/c1-4-22-21(23-12-11-20(26)25-14-5-6-17(2)16-25)24-13-15-28-19-9-7-18(27-3)8-10-19;/h7-10,17H,4-6,11-16H2,1-3H3,(H2,22,23,24);1H. The molecule has 1 aromatic carbocycles. The highest BCUT2D eigenvalue weighted by Gasteiger charge is 2.20. The average Bonchev–Trinajstić information content (AvgIpc) is 2.71. The molecule has 0 saturated carbocycles. The number of guanidine groups is 1. The van der Waals surface area contributed by atoms with Crippen LogP contribution in [0.25, 0.3) is 0 Å². The summed E-state index contributed by atoms with van der Waals surface area (Å²) in [6.07, 6.45) is 2.77. The zero-order valence-corrected chi connectivity index (χ0v) is 20.1. The number of carbonyl (C=O) groups excluding carboxylic acids is 1. The normalized spacial score (nSPS) is 16.6. The summed E-state index contributed by atoms with van der Waals surface area (Å²) < 4.78 is 10.8. The number of aliphatic imine (C=N–C) groups is 1. The van der Waals surface area contributed by atoms with Crippen LogP contribution in [0.1, 0.15) is 33.1 Å². The maximum Gasteiger partial charge on any atom is 0.224 e. The largest absolute Gasteiger partial charge is 0.497 e. The molecule has 1 amide bonds. The number of nitrogens with one attached hydrogen (secondary N) is 2. The third-order valence-electron chi connectivity index (χ3n) is 4.67. The van der Waals surface area contributed by atoms with Crippen LogP contribution in [0.4, 0.5) is 0 Å². The molecule has 1 unspecified atom stereocenters. The van der Waals surface area contributed by atoms with E-state index in [-0.39, 0.29) is 29.9 Å². The molecule has 1 aromatic rings. The van der Waals surface area contributed by atoms with E-state index in [0.717, 1.165) is 37.6 Å². The quantitative estimate of drug-likeness (QED) is 0.228. The van der Waals surface area contributed by atoms with Gasteiger partial charge in [0.15, 0.2) is 5.96 Å². The van der Waals surface area contributed by atoms with E-state index in [1.807, 2.05) is 36.1 Å². The molecule has 0 spiro atoms. The number of likely N-dealkylation sites (tertiary alicyclic amines) is 1. The van der Waals surface area contributed by atoms with Crippen molar-refractivity contribution in [3.8, 4) is 11.5 Å². The summed E-state index contributed by atoms with van der Waals surface area (Å²) in [5.41, 5.74) is 0. The molecule has 1 atom stereocenters. The van der Waals surface area contributed by atoms with Crippen molar-refractivity contribution < 1.29 is 14.3 Å². The molecule has 2 N–H and O–H groups in total. The third-order valence-corrected chi connectivity index (χ3v) is 4.67. The van der Waals surface area contributed by atoms with E-state index in [2.05, 4.69) is 22.5 Å². The van der Waals surface area contributed by atoms with Crippen LogP contribution in [0.2, 0.25) is 0 Å². The Morgan fingerprint density at radius 2 is 1.97 bits per heavy atom. The number of ether oxygens (including phenoxy) is 2. The van der Waals surface area contributed by atoms with E-state index < -0.39 is 0 Å². The summed E-state index contributed by atoms with van der Waals surface area (Å²) in [5.74, 6) is 3.12. The fraction of sp³-hybridized carbons (Fsp3) is 0.619. The van der Waals surface area contributed by atoms with E-state index in [4.69, 9.17) is 9.47 Å². The Balaban J connectivity index is 0.00000420. The maximum atomic E-state index is 12.3. The summed E-state index contributed by atoms with van der Waals surface area (Å²) in [6, 6.07) is 7.50. The predicted octanol–water partition coefficient (Wildman–Crippen LogP) is 2.90. The first kappa shape index (κ1) is 25.3. The number of hydrogen-bond acceptors (Lipinski definition) is 4. The fourth-order valence-electron chi connectivity index (χ4n) is 3.19. The molecule has 0 aromatic heterocycles. The zero-order valence-electron chi connectivity index (χ0n) is 17.8. The van der Waals surface area contributed by atoms with Crippen LogP contribution < -0.4 is 20.1 Å². The molecule has 1 saturated heterocycles. The molecule has 1 aliphatic rings. The van der Waals surface area contributed by atoms with Crippen LogP contribution >= 0.6 is 24.0 Å². The lowest BCUT2D eigenvalue weighted by Gasteiger charge is -2.30. The molecule has 0 radical (unpaired) electrons. The monoisotopic (exact) mass is 518 g/mol. The van der Waals surface area contributed by atoms with Gasteiger partial charge in [-0.3, -0.25) is 9.79 Å². The van der Waals surface area contributed by atoms with Crippen molar-refractivity contribution in [1.82, 2.24) is 15.5 Å². The van der Waals surface area contributed by atoms with Gasteiger partial charge in [-0.2, -0.15) is 0 Å². The summed E-state index contributed by atoms with van der Waals surface area (Å²) in [5, 5.41) is 6.44. The predicted molar refractivity (Wildman–Crippen MR) is 127 cm³/mol. The molecule has 7 nitrogen and oxygen atoms in total. The highest BCUT2D eigenvalue weighted by atomic mass is 127. The smallest absolute Gasteiger partial charge is 0.224 e. The minimum absolute atomic E-state index is 0. The van der Waals surface area contributed by atoms with Gasteiger partial charge in [0.25, 0.3) is 0 Å². The SMILES string of the molecule is CCNC(=NCCC(=O)N1CCCC(C)C1)NCCOc1ccc(OC)cc1.I. The molecule has 1 fully saturated rings. The molecule has 0 bridgehead atoms. The van der Waals surface area contributed by atoms with E-state index in [0.29, 0.717) is 38.0 Å². The van der Waals surface area contributed by atoms with Crippen LogP contribution in [0.3, 0.4) is 0 Å². The minimum atomic E-state index is 0. The first-order valence-corrected chi connectivity index (χ1v) is 10.2. The van der Waals surface area contributed by atoms with Gasteiger partial charge in [0.2, 0.25) is 5.91 Å². The number of piperidine rings is 1. The van der Waals surface area contributed by atoms with Gasteiger partial charge >= 0.3 is 0 Å². The van der Waals surface area contributed by atoms with E-state index in [1.54, 1.807) is 7.11 Å². The fourth-order valence-corrected chi connectivity index (χ4v) is 3.19. The Morgan fingerprint density at radius 3 is 2.62 bits per heavy atom. The molecular weight excluding hydrogens is 483 g/mol. The van der Waals surface area contributed by atoms with Crippen LogP contribution in [0, 0.1) is 5.92 Å². The zero-order chi connectivity index (χ0) is 20.2. The van der Waals surface area contributed by atoms with Gasteiger partial charge in [-0.05, 0) is 49.9 Å². The van der Waals surface area contributed by atoms with Crippen molar-refractivity contribution in [2.24, 2.45) is 10.9 Å². The van der Waals surface area contributed by atoms with E-state index in [1.165, 1.54) is 6.42 Å². The van der Waals surface area contributed by atoms with E-state index in [9.17, 15) is 4.79 Å². The van der Waals surface area contributed by atoms with Gasteiger partial charge < -0.3 is 25.0 Å². The molecule has 164 valence electrons. The summed E-state index contributed by atoms with van der Waals surface area (Å²) in [7, 11) is 1.64. The minimum Gasteiger partial charge on any atom is -0.497 e. The van der Waals surface area contributed by atoms with Gasteiger partial charge in [-0.15, -0.1) is 24.0 Å². The molecule has 2 rings (SSSR count). The Bertz CT molecular complexity index is 625. The highest BCUT2D eigenvalue weighted by Crippen LogP contribution is 2.17. The molecule has 1 heterocycles. The first-order valence-electron chi connectivity index (χ1n) is 10.2. The Labute approximate surface area is 191 Å².